The van der Waals surface area contributed by atoms with Gasteiger partial charge >= 0.3 is 6.09 Å². The number of carbonyl (C=O) groups is 1. The highest BCUT2D eigenvalue weighted by molar-refractivity contribution is 7.99. The first-order valence-electron chi connectivity index (χ1n) is 9.34. The van der Waals surface area contributed by atoms with Gasteiger partial charge in [-0.3, -0.25) is 0 Å². The first kappa shape index (κ1) is 22.5. The third kappa shape index (κ3) is 5.38. The molecule has 8 heteroatoms. The Morgan fingerprint density at radius 1 is 1.07 bits per heavy atom. The van der Waals surface area contributed by atoms with Crippen LogP contribution in [0.1, 0.15) is 13.8 Å². The minimum Gasteiger partial charge on any atom is -1.00 e. The summed E-state index contributed by atoms with van der Waals surface area (Å²) in [6, 6.07) is 11.6. The van der Waals surface area contributed by atoms with Crippen LogP contribution in [0.5, 0.6) is 0 Å². The van der Waals surface area contributed by atoms with Gasteiger partial charge in [0.05, 0.1) is 36.9 Å². The summed E-state index contributed by atoms with van der Waals surface area (Å²) in [5, 5.41) is 0. The summed E-state index contributed by atoms with van der Waals surface area (Å²) in [6.07, 6.45) is 1.26. The molecule has 0 saturated carbocycles. The molecular formula is C20H26ClN3O3S. The van der Waals surface area contributed by atoms with E-state index < -0.39 is 6.09 Å². The van der Waals surface area contributed by atoms with E-state index >= 15 is 0 Å². The molecule has 1 N–H and O–H groups in total. The minimum atomic E-state index is -0.430. The Balaban J connectivity index is 0.00000280. The number of benzene rings is 1. The molecule has 1 amide bonds. The fourth-order valence-corrected chi connectivity index (χ4v) is 3.98. The Kier molecular flexibility index (Phi) is 9.05. The molecule has 0 fully saturated rings. The number of carbonyl (C=O) groups excluding carboxylic acids is 1. The number of rotatable bonds is 8. The Bertz CT molecular complexity index is 728. The summed E-state index contributed by atoms with van der Waals surface area (Å²) >= 11 is 1.61. The lowest BCUT2D eigenvalue weighted by molar-refractivity contribution is -0.896. The molecule has 2 heterocycles. The smallest absolute Gasteiger partial charge is 0.420 e. The quantitative estimate of drug-likeness (QED) is 0.594. The summed E-state index contributed by atoms with van der Waals surface area (Å²) in [4.78, 5) is 22.1. The van der Waals surface area contributed by atoms with Gasteiger partial charge in [-0.1, -0.05) is 23.9 Å². The molecule has 3 rings (SSSR count). The van der Waals surface area contributed by atoms with Crippen molar-refractivity contribution < 1.29 is 31.6 Å². The highest BCUT2D eigenvalue weighted by Gasteiger charge is 2.30. The predicted molar refractivity (Wildman–Crippen MR) is 106 cm³/mol. The second-order valence-electron chi connectivity index (χ2n) is 6.16. The van der Waals surface area contributed by atoms with Gasteiger partial charge in [0.15, 0.2) is 5.82 Å². The van der Waals surface area contributed by atoms with E-state index in [9.17, 15) is 4.79 Å². The highest BCUT2D eigenvalue weighted by Crippen LogP contribution is 2.46. The number of nitrogens with one attached hydrogen (secondary N) is 1. The molecular weight excluding hydrogens is 398 g/mol. The molecule has 1 aromatic carbocycles. The summed E-state index contributed by atoms with van der Waals surface area (Å²) in [5.74, 6) is 0.609. The summed E-state index contributed by atoms with van der Waals surface area (Å²) in [5.41, 5.74) is 0.796. The summed E-state index contributed by atoms with van der Waals surface area (Å²) in [6.45, 7) is 8.77. The van der Waals surface area contributed by atoms with Gasteiger partial charge in [0.1, 0.15) is 13.2 Å². The van der Waals surface area contributed by atoms with Crippen LogP contribution in [-0.4, -0.2) is 50.5 Å². The van der Waals surface area contributed by atoms with Crippen molar-refractivity contribution >= 4 is 29.4 Å². The molecule has 152 valence electrons. The second-order valence-corrected chi connectivity index (χ2v) is 7.25. The molecule has 0 spiro atoms. The maximum absolute atomic E-state index is 12.8. The fraction of sp³-hybridized carbons (Fsp3) is 0.400. The Hall–Kier alpha value is -1.80. The number of hydrogen-bond donors (Lipinski definition) is 1. The number of quaternary nitrogens is 1. The van der Waals surface area contributed by atoms with Gasteiger partial charge in [-0.15, -0.1) is 0 Å². The van der Waals surface area contributed by atoms with Crippen LogP contribution < -0.4 is 22.2 Å². The first-order chi connectivity index (χ1) is 13.2. The summed E-state index contributed by atoms with van der Waals surface area (Å²) < 4.78 is 11.1. The van der Waals surface area contributed by atoms with E-state index in [1.54, 1.807) is 22.9 Å². The number of hydrogen-bond acceptors (Lipinski definition) is 5. The Labute approximate surface area is 176 Å². The SMILES string of the molecule is CC[NH+](CC)CCOCCOC(=O)N1c2ccccc2Sc2cccnc21.[Cl-]. The van der Waals surface area contributed by atoms with Crippen molar-refractivity contribution in [1.82, 2.24) is 4.98 Å². The Morgan fingerprint density at radius 3 is 2.61 bits per heavy atom. The molecule has 0 saturated heterocycles. The van der Waals surface area contributed by atoms with Crippen molar-refractivity contribution in [2.45, 2.75) is 23.6 Å². The number of para-hydroxylation sites is 1. The van der Waals surface area contributed by atoms with Gasteiger partial charge in [-0.25, -0.2) is 14.7 Å². The van der Waals surface area contributed by atoms with Gasteiger partial charge in [0, 0.05) is 11.1 Å². The van der Waals surface area contributed by atoms with Crippen LogP contribution in [0.2, 0.25) is 0 Å². The zero-order valence-electron chi connectivity index (χ0n) is 16.2. The number of aromatic nitrogens is 1. The van der Waals surface area contributed by atoms with Gasteiger partial charge in [-0.05, 0) is 38.1 Å². The van der Waals surface area contributed by atoms with E-state index in [4.69, 9.17) is 9.47 Å². The van der Waals surface area contributed by atoms with Crippen LogP contribution in [0.4, 0.5) is 16.3 Å². The second kappa shape index (κ2) is 11.3. The minimum absolute atomic E-state index is 0. The molecule has 1 aliphatic heterocycles. The average Bonchev–Trinajstić information content (AvgIpc) is 2.71. The molecule has 6 nitrogen and oxygen atoms in total. The fourth-order valence-electron chi connectivity index (χ4n) is 2.95. The molecule has 0 bridgehead atoms. The van der Waals surface area contributed by atoms with E-state index in [1.807, 2.05) is 36.4 Å². The topological polar surface area (TPSA) is 56.1 Å². The molecule has 0 atom stereocenters. The van der Waals surface area contributed by atoms with Crippen LogP contribution in [0, 0.1) is 0 Å². The van der Waals surface area contributed by atoms with Crippen molar-refractivity contribution in [1.29, 1.82) is 0 Å². The average molecular weight is 424 g/mol. The van der Waals surface area contributed by atoms with Crippen LogP contribution in [-0.2, 0) is 9.47 Å². The van der Waals surface area contributed by atoms with Gasteiger partial charge in [0.2, 0.25) is 0 Å². The third-order valence-corrected chi connectivity index (χ3v) is 5.63. The van der Waals surface area contributed by atoms with Crippen molar-refractivity contribution in [3.63, 3.8) is 0 Å². The van der Waals surface area contributed by atoms with Crippen LogP contribution in [0.3, 0.4) is 0 Å². The zero-order valence-corrected chi connectivity index (χ0v) is 17.8. The van der Waals surface area contributed by atoms with E-state index in [1.165, 1.54) is 4.90 Å². The van der Waals surface area contributed by atoms with E-state index in [0.717, 1.165) is 35.1 Å². The van der Waals surface area contributed by atoms with Crippen molar-refractivity contribution in [2.75, 3.05) is 44.4 Å². The largest absolute Gasteiger partial charge is 1.00 e. The number of ether oxygens (including phenoxy) is 2. The predicted octanol–water partition coefficient (Wildman–Crippen LogP) is -0.234. The lowest BCUT2D eigenvalue weighted by atomic mass is 10.2. The molecule has 28 heavy (non-hydrogen) atoms. The molecule has 1 aromatic heterocycles. The number of amides is 1. The van der Waals surface area contributed by atoms with Crippen molar-refractivity contribution in [2.24, 2.45) is 0 Å². The standard InChI is InChI=1S/C20H25N3O3S.ClH/c1-3-22(4-2)12-13-25-14-15-26-20(24)23-16-8-5-6-9-17(16)27-18-10-7-11-21-19(18)23;/h5-11H,3-4,12-15H2,1-2H3;1H. The lowest BCUT2D eigenvalue weighted by Gasteiger charge is -2.28. The van der Waals surface area contributed by atoms with Gasteiger partial charge in [0.25, 0.3) is 0 Å². The van der Waals surface area contributed by atoms with Gasteiger partial charge < -0.3 is 26.8 Å². The molecule has 0 aliphatic carbocycles. The van der Waals surface area contributed by atoms with E-state index in [0.29, 0.717) is 19.0 Å². The van der Waals surface area contributed by atoms with E-state index in [2.05, 4.69) is 18.8 Å². The number of likely N-dealkylation sites (N-methyl/N-ethyl adjacent to an activating group) is 1. The van der Waals surface area contributed by atoms with Crippen molar-refractivity contribution in [3.05, 3.63) is 42.6 Å². The van der Waals surface area contributed by atoms with Crippen LogP contribution in [0.25, 0.3) is 0 Å². The molecule has 0 radical (unpaired) electrons. The number of halogens is 1. The van der Waals surface area contributed by atoms with Gasteiger partial charge in [-0.2, -0.15) is 0 Å². The maximum Gasteiger partial charge on any atom is 0.420 e. The van der Waals surface area contributed by atoms with Crippen molar-refractivity contribution in [3.8, 4) is 0 Å². The van der Waals surface area contributed by atoms with Crippen LogP contribution in [0.15, 0.2) is 52.4 Å². The first-order valence-corrected chi connectivity index (χ1v) is 10.2. The zero-order chi connectivity index (χ0) is 19.1. The molecule has 0 unspecified atom stereocenters. The summed E-state index contributed by atoms with van der Waals surface area (Å²) in [7, 11) is 0. The number of anilines is 2. The van der Waals surface area contributed by atoms with Crippen LogP contribution >= 0.6 is 11.8 Å². The normalized spacial score (nSPS) is 12.2. The number of pyridine rings is 1. The Morgan fingerprint density at radius 2 is 1.82 bits per heavy atom. The monoisotopic (exact) mass is 423 g/mol. The molecule has 1 aliphatic rings. The van der Waals surface area contributed by atoms with E-state index in [-0.39, 0.29) is 19.0 Å². The molecule has 2 aromatic rings. The number of fused-ring (bicyclic) bond motifs is 2. The third-order valence-electron chi connectivity index (χ3n) is 4.52. The maximum atomic E-state index is 12.8. The highest BCUT2D eigenvalue weighted by atomic mass is 35.5. The lowest BCUT2D eigenvalue weighted by Crippen LogP contribution is -3.11. The number of nitrogens with zero attached hydrogens (tertiary/aromatic N) is 2.